The zero-order valence-electron chi connectivity index (χ0n) is 12.5. The average Bonchev–Trinajstić information content (AvgIpc) is 2.57. The molecule has 0 radical (unpaired) electrons. The highest BCUT2D eigenvalue weighted by Crippen LogP contribution is 2.34. The molecule has 1 aromatic rings. The monoisotopic (exact) mass is 301 g/mol. The summed E-state index contributed by atoms with van der Waals surface area (Å²) < 4.78 is 0. The molecule has 3 rings (SSSR count). The van der Waals surface area contributed by atoms with Crippen LogP contribution in [0.15, 0.2) is 30.3 Å². The predicted molar refractivity (Wildman–Crippen MR) is 89.2 cm³/mol. The van der Waals surface area contributed by atoms with Gasteiger partial charge in [0.1, 0.15) is 0 Å². The number of nitrogens with zero attached hydrogens (tertiary/aromatic N) is 3. The van der Waals surface area contributed by atoms with Crippen LogP contribution in [0.5, 0.6) is 0 Å². The molecule has 0 atom stereocenters. The van der Waals surface area contributed by atoms with E-state index in [9.17, 15) is 0 Å². The fraction of sp³-hybridized carbons (Fsp3) is 0.588. The van der Waals surface area contributed by atoms with E-state index >= 15 is 0 Å². The van der Waals surface area contributed by atoms with E-state index in [4.69, 9.17) is 6.57 Å². The Kier molecular flexibility index (Phi) is 4.84. The van der Waals surface area contributed by atoms with Gasteiger partial charge < -0.3 is 0 Å². The second-order valence-electron chi connectivity index (χ2n) is 5.96. The molecule has 4 heteroatoms. The molecule has 3 nitrogen and oxygen atoms in total. The Labute approximate surface area is 132 Å². The third kappa shape index (κ3) is 3.42. The highest BCUT2D eigenvalue weighted by atomic mass is 32.2. The molecule has 0 aliphatic carbocycles. The number of piperazine rings is 1. The quantitative estimate of drug-likeness (QED) is 0.796. The lowest BCUT2D eigenvalue weighted by atomic mass is 10.0. The van der Waals surface area contributed by atoms with Gasteiger partial charge in [-0.25, -0.2) is 11.5 Å². The molecule has 0 N–H and O–H groups in total. The molecular formula is C17H23N3S. The molecule has 0 unspecified atom stereocenters. The Morgan fingerprint density at radius 2 is 1.71 bits per heavy atom. The Morgan fingerprint density at radius 1 is 1.05 bits per heavy atom. The van der Waals surface area contributed by atoms with E-state index in [1.165, 1.54) is 5.56 Å². The van der Waals surface area contributed by atoms with Crippen molar-refractivity contribution in [2.24, 2.45) is 0 Å². The van der Waals surface area contributed by atoms with Gasteiger partial charge >= 0.3 is 0 Å². The van der Waals surface area contributed by atoms with Gasteiger partial charge in [0.2, 0.25) is 0 Å². The summed E-state index contributed by atoms with van der Waals surface area (Å²) in [6.07, 6.45) is 2.08. The SMILES string of the molecule is [C-]#[N+]C1(N2CCN(Cc3ccccc3)CC2)CCSCC1. The summed E-state index contributed by atoms with van der Waals surface area (Å²) >= 11 is 2.00. The summed E-state index contributed by atoms with van der Waals surface area (Å²) in [7, 11) is 0. The maximum absolute atomic E-state index is 7.67. The summed E-state index contributed by atoms with van der Waals surface area (Å²) in [5, 5.41) is 0. The second-order valence-corrected chi connectivity index (χ2v) is 7.18. The van der Waals surface area contributed by atoms with Crippen molar-refractivity contribution in [3.63, 3.8) is 0 Å². The van der Waals surface area contributed by atoms with Gasteiger partial charge in [0.05, 0.1) is 12.8 Å². The minimum atomic E-state index is -0.190. The maximum Gasteiger partial charge on any atom is 0.290 e. The number of hydrogen-bond donors (Lipinski definition) is 0. The van der Waals surface area contributed by atoms with Crippen LogP contribution >= 0.6 is 11.8 Å². The lowest BCUT2D eigenvalue weighted by molar-refractivity contribution is 0.0491. The molecule has 2 fully saturated rings. The number of hydrogen-bond acceptors (Lipinski definition) is 3. The first-order valence-electron chi connectivity index (χ1n) is 7.80. The van der Waals surface area contributed by atoms with Crippen LogP contribution in [0.2, 0.25) is 0 Å². The van der Waals surface area contributed by atoms with E-state index in [0.29, 0.717) is 0 Å². The molecule has 112 valence electrons. The standard InChI is InChI=1S/C17H23N3S/c1-18-17(7-13-21-14-8-17)20-11-9-19(10-12-20)15-16-5-3-2-4-6-16/h2-6H,7-15H2. The summed E-state index contributed by atoms with van der Waals surface area (Å²) in [6, 6.07) is 10.7. The van der Waals surface area contributed by atoms with Gasteiger partial charge in [0.15, 0.2) is 0 Å². The van der Waals surface area contributed by atoms with Crippen LogP contribution < -0.4 is 0 Å². The molecule has 2 aliphatic heterocycles. The topological polar surface area (TPSA) is 10.8 Å². The van der Waals surface area contributed by atoms with E-state index in [2.05, 4.69) is 45.0 Å². The lowest BCUT2D eigenvalue weighted by Gasteiger charge is -2.41. The fourth-order valence-electron chi connectivity index (χ4n) is 3.36. The van der Waals surface area contributed by atoms with E-state index in [-0.39, 0.29) is 5.66 Å². The Bertz CT molecular complexity index is 483. The van der Waals surface area contributed by atoms with Gasteiger partial charge in [-0.15, -0.1) is 0 Å². The van der Waals surface area contributed by atoms with Crippen LogP contribution in [0.25, 0.3) is 4.85 Å². The van der Waals surface area contributed by atoms with Gasteiger partial charge in [-0.2, -0.15) is 11.8 Å². The van der Waals surface area contributed by atoms with E-state index < -0.39 is 0 Å². The smallest absolute Gasteiger partial charge is 0.290 e. The van der Waals surface area contributed by atoms with Crippen LogP contribution in [-0.2, 0) is 6.54 Å². The van der Waals surface area contributed by atoms with Crippen molar-refractivity contribution < 1.29 is 0 Å². The summed E-state index contributed by atoms with van der Waals surface area (Å²) in [5.74, 6) is 2.29. The zero-order valence-corrected chi connectivity index (χ0v) is 13.3. The summed E-state index contributed by atoms with van der Waals surface area (Å²) in [4.78, 5) is 9.03. The molecular weight excluding hydrogens is 278 g/mol. The largest absolute Gasteiger partial charge is 0.297 e. The Hall–Kier alpha value is -1.02. The van der Waals surface area contributed by atoms with Crippen molar-refractivity contribution in [1.29, 1.82) is 0 Å². The minimum Gasteiger partial charge on any atom is -0.297 e. The van der Waals surface area contributed by atoms with Crippen molar-refractivity contribution in [3.05, 3.63) is 47.3 Å². The van der Waals surface area contributed by atoms with E-state index in [1.54, 1.807) is 0 Å². The highest BCUT2D eigenvalue weighted by molar-refractivity contribution is 7.99. The fourth-order valence-corrected chi connectivity index (χ4v) is 4.51. The number of rotatable bonds is 3. The molecule has 21 heavy (non-hydrogen) atoms. The van der Waals surface area contributed by atoms with E-state index in [1.807, 2.05) is 11.8 Å². The first kappa shape index (κ1) is 14.9. The molecule has 0 amide bonds. The van der Waals surface area contributed by atoms with Gasteiger partial charge in [-0.05, 0) is 5.56 Å². The van der Waals surface area contributed by atoms with Crippen molar-refractivity contribution in [2.45, 2.75) is 25.0 Å². The molecule has 0 bridgehead atoms. The molecule has 0 spiro atoms. The molecule has 2 aliphatic rings. The third-order valence-electron chi connectivity index (χ3n) is 4.71. The molecule has 2 saturated heterocycles. The number of benzene rings is 1. The van der Waals surface area contributed by atoms with Crippen molar-refractivity contribution in [3.8, 4) is 0 Å². The number of thioether (sulfide) groups is 1. The minimum absolute atomic E-state index is 0.190. The third-order valence-corrected chi connectivity index (χ3v) is 5.70. The van der Waals surface area contributed by atoms with Crippen LogP contribution in [0.1, 0.15) is 18.4 Å². The summed E-state index contributed by atoms with van der Waals surface area (Å²) in [5.41, 5.74) is 1.20. The molecule has 2 heterocycles. The average molecular weight is 301 g/mol. The van der Waals surface area contributed by atoms with Crippen molar-refractivity contribution in [2.75, 3.05) is 37.7 Å². The zero-order chi connectivity index (χ0) is 14.5. The normalized spacial score (nSPS) is 23.6. The summed E-state index contributed by atoms with van der Waals surface area (Å²) in [6.45, 7) is 13.0. The van der Waals surface area contributed by atoms with Crippen molar-refractivity contribution in [1.82, 2.24) is 9.80 Å². The van der Waals surface area contributed by atoms with Gasteiger partial charge in [0.25, 0.3) is 5.66 Å². The Balaban J connectivity index is 1.56. The predicted octanol–water partition coefficient (Wildman–Crippen LogP) is 2.95. The van der Waals surface area contributed by atoms with Crippen LogP contribution in [-0.4, -0.2) is 53.1 Å². The van der Waals surface area contributed by atoms with Gasteiger partial charge in [-0.1, -0.05) is 30.3 Å². The van der Waals surface area contributed by atoms with Gasteiger partial charge in [-0.3, -0.25) is 9.74 Å². The molecule has 0 aromatic heterocycles. The van der Waals surface area contributed by atoms with E-state index in [0.717, 1.165) is 57.1 Å². The highest BCUT2D eigenvalue weighted by Gasteiger charge is 2.45. The first-order chi connectivity index (χ1) is 10.3. The van der Waals surface area contributed by atoms with Crippen LogP contribution in [0.4, 0.5) is 0 Å². The lowest BCUT2D eigenvalue weighted by Crippen LogP contribution is -2.56. The first-order valence-corrected chi connectivity index (χ1v) is 8.96. The molecule has 0 saturated carbocycles. The maximum atomic E-state index is 7.67. The second kappa shape index (κ2) is 6.83. The van der Waals surface area contributed by atoms with Crippen LogP contribution in [0.3, 0.4) is 0 Å². The van der Waals surface area contributed by atoms with Crippen molar-refractivity contribution >= 4 is 11.8 Å². The Morgan fingerprint density at radius 3 is 2.33 bits per heavy atom. The molecule has 1 aromatic carbocycles. The van der Waals surface area contributed by atoms with Gasteiger partial charge in [0, 0.05) is 44.2 Å². The van der Waals surface area contributed by atoms with Crippen LogP contribution in [0, 0.1) is 6.57 Å².